The Labute approximate surface area is 224 Å². The van der Waals surface area contributed by atoms with E-state index in [-0.39, 0.29) is 35.4 Å². The van der Waals surface area contributed by atoms with E-state index in [0.717, 1.165) is 24.0 Å². The summed E-state index contributed by atoms with van der Waals surface area (Å²) in [5, 5.41) is 10.6. The molecule has 1 aliphatic rings. The van der Waals surface area contributed by atoms with Crippen LogP contribution in [0, 0.1) is 0 Å². The number of ether oxygens (including phenoxy) is 3. The van der Waals surface area contributed by atoms with Crippen molar-refractivity contribution >= 4 is 11.9 Å². The van der Waals surface area contributed by atoms with Gasteiger partial charge in [-0.05, 0) is 58.1 Å². The molecule has 0 heterocycles. The Morgan fingerprint density at radius 1 is 0.868 bits per heavy atom. The maximum Gasteiger partial charge on any atom is 0.342 e. The fourth-order valence-corrected chi connectivity index (χ4v) is 4.92. The highest BCUT2D eigenvalue weighted by molar-refractivity contribution is 5.92. The standard InChI is InChI=1S/C32H36O6/c1-21(33)36-20-29(23-11-14-26-27(17-23)32(4,5)16-15-31(26,2)3)38-24-12-13-25(28(34)18-24)30(35)37-19-22-9-7-6-8-10-22/h6-14,17-18,29,34H,15-16,19-20H2,1-5H3. The Hall–Kier alpha value is -3.80. The predicted octanol–water partition coefficient (Wildman–Crippen LogP) is 6.78. The first-order valence-corrected chi connectivity index (χ1v) is 13.0. The van der Waals surface area contributed by atoms with E-state index in [1.807, 2.05) is 36.4 Å². The molecule has 6 heteroatoms. The van der Waals surface area contributed by atoms with Gasteiger partial charge in [-0.25, -0.2) is 4.79 Å². The maximum atomic E-state index is 12.5. The van der Waals surface area contributed by atoms with E-state index in [2.05, 4.69) is 39.8 Å². The Kier molecular flexibility index (Phi) is 7.81. The molecule has 1 unspecified atom stereocenters. The van der Waals surface area contributed by atoms with E-state index >= 15 is 0 Å². The normalized spacial score (nSPS) is 16.1. The average molecular weight is 517 g/mol. The third-order valence-electron chi connectivity index (χ3n) is 7.37. The zero-order valence-electron chi connectivity index (χ0n) is 22.7. The summed E-state index contributed by atoms with van der Waals surface area (Å²) in [5.74, 6) is -0.942. The highest BCUT2D eigenvalue weighted by Gasteiger charge is 2.37. The van der Waals surface area contributed by atoms with Crippen molar-refractivity contribution < 1.29 is 28.9 Å². The summed E-state index contributed by atoms with van der Waals surface area (Å²) < 4.78 is 16.9. The van der Waals surface area contributed by atoms with Gasteiger partial charge in [-0.1, -0.05) is 76.2 Å². The van der Waals surface area contributed by atoms with Crippen LogP contribution in [0.25, 0.3) is 0 Å². The van der Waals surface area contributed by atoms with Gasteiger partial charge in [0.05, 0.1) is 0 Å². The van der Waals surface area contributed by atoms with Crippen molar-refractivity contribution in [3.05, 3.63) is 94.5 Å². The predicted molar refractivity (Wildman–Crippen MR) is 145 cm³/mol. The number of esters is 2. The molecule has 0 amide bonds. The number of hydrogen-bond acceptors (Lipinski definition) is 6. The molecule has 4 rings (SSSR count). The van der Waals surface area contributed by atoms with Gasteiger partial charge in [0.1, 0.15) is 30.3 Å². The number of carbonyl (C=O) groups is 2. The van der Waals surface area contributed by atoms with Crippen molar-refractivity contribution in [2.75, 3.05) is 6.61 Å². The lowest BCUT2D eigenvalue weighted by Gasteiger charge is -2.42. The number of fused-ring (bicyclic) bond motifs is 1. The first kappa shape index (κ1) is 27.2. The highest BCUT2D eigenvalue weighted by atomic mass is 16.6. The molecular formula is C32H36O6. The molecule has 3 aromatic rings. The molecule has 0 bridgehead atoms. The minimum atomic E-state index is -0.631. The van der Waals surface area contributed by atoms with Gasteiger partial charge in [0.25, 0.3) is 0 Å². The van der Waals surface area contributed by atoms with Crippen molar-refractivity contribution in [3.8, 4) is 11.5 Å². The average Bonchev–Trinajstić information content (AvgIpc) is 2.88. The molecule has 3 aromatic carbocycles. The van der Waals surface area contributed by atoms with Crippen LogP contribution in [0.1, 0.15) is 86.2 Å². The molecular weight excluding hydrogens is 480 g/mol. The van der Waals surface area contributed by atoms with E-state index in [1.54, 1.807) is 6.07 Å². The van der Waals surface area contributed by atoms with E-state index in [1.165, 1.54) is 30.2 Å². The molecule has 0 spiro atoms. The van der Waals surface area contributed by atoms with Crippen LogP contribution in [0.15, 0.2) is 66.7 Å². The quantitative estimate of drug-likeness (QED) is 0.332. The number of carbonyl (C=O) groups excluding carboxylic acids is 2. The fourth-order valence-electron chi connectivity index (χ4n) is 4.92. The van der Waals surface area contributed by atoms with Crippen molar-refractivity contribution in [1.82, 2.24) is 0 Å². The van der Waals surface area contributed by atoms with E-state index < -0.39 is 18.0 Å². The van der Waals surface area contributed by atoms with Crippen LogP contribution in [0.2, 0.25) is 0 Å². The topological polar surface area (TPSA) is 82.1 Å². The Morgan fingerprint density at radius 3 is 2.21 bits per heavy atom. The van der Waals surface area contributed by atoms with E-state index in [9.17, 15) is 14.7 Å². The number of hydrogen-bond donors (Lipinski definition) is 1. The summed E-state index contributed by atoms with van der Waals surface area (Å²) in [5.41, 5.74) is 4.44. The second-order valence-electron chi connectivity index (χ2n) is 11.2. The highest BCUT2D eigenvalue weighted by Crippen LogP contribution is 2.46. The van der Waals surface area contributed by atoms with Crippen molar-refractivity contribution in [1.29, 1.82) is 0 Å². The summed E-state index contributed by atoms with van der Waals surface area (Å²) in [6.07, 6.45) is 1.58. The number of benzene rings is 3. The van der Waals surface area contributed by atoms with Crippen LogP contribution in [0.3, 0.4) is 0 Å². The van der Waals surface area contributed by atoms with Gasteiger partial charge >= 0.3 is 11.9 Å². The molecule has 0 aliphatic heterocycles. The van der Waals surface area contributed by atoms with Crippen LogP contribution in [-0.2, 0) is 31.7 Å². The molecule has 1 N–H and O–H groups in total. The first-order chi connectivity index (χ1) is 18.0. The molecule has 0 radical (unpaired) electrons. The molecule has 38 heavy (non-hydrogen) atoms. The minimum Gasteiger partial charge on any atom is -0.507 e. The Morgan fingerprint density at radius 2 is 1.55 bits per heavy atom. The molecule has 6 nitrogen and oxygen atoms in total. The van der Waals surface area contributed by atoms with E-state index in [0.29, 0.717) is 5.75 Å². The monoisotopic (exact) mass is 516 g/mol. The van der Waals surface area contributed by atoms with E-state index in [4.69, 9.17) is 14.2 Å². The third-order valence-corrected chi connectivity index (χ3v) is 7.37. The Balaban J connectivity index is 1.56. The van der Waals surface area contributed by atoms with Crippen LogP contribution < -0.4 is 4.74 Å². The largest absolute Gasteiger partial charge is 0.507 e. The zero-order chi connectivity index (χ0) is 27.5. The summed E-state index contributed by atoms with van der Waals surface area (Å²) in [7, 11) is 0. The fraction of sp³-hybridized carbons (Fsp3) is 0.375. The number of aromatic hydroxyl groups is 1. The molecule has 0 fully saturated rings. The third kappa shape index (κ3) is 6.18. The second kappa shape index (κ2) is 10.9. The zero-order valence-corrected chi connectivity index (χ0v) is 22.7. The minimum absolute atomic E-state index is 0.00682. The lowest BCUT2D eigenvalue weighted by Crippen LogP contribution is -2.34. The van der Waals surface area contributed by atoms with Crippen LogP contribution >= 0.6 is 0 Å². The second-order valence-corrected chi connectivity index (χ2v) is 11.2. The van der Waals surface area contributed by atoms with Gasteiger partial charge in [0.15, 0.2) is 6.10 Å². The molecule has 1 aliphatic carbocycles. The lowest BCUT2D eigenvalue weighted by atomic mass is 9.63. The molecule has 0 saturated carbocycles. The Bertz CT molecular complexity index is 1310. The van der Waals surface area contributed by atoms with Gasteiger partial charge in [-0.15, -0.1) is 0 Å². The van der Waals surface area contributed by atoms with Crippen LogP contribution in [-0.4, -0.2) is 23.7 Å². The molecule has 0 aromatic heterocycles. The smallest absolute Gasteiger partial charge is 0.342 e. The maximum absolute atomic E-state index is 12.5. The SMILES string of the molecule is CC(=O)OCC(Oc1ccc(C(=O)OCc2ccccc2)c(O)c1)c1ccc2c(c1)C(C)(C)CCC2(C)C. The number of phenols is 1. The summed E-state index contributed by atoms with van der Waals surface area (Å²) in [6.45, 7) is 10.5. The number of rotatable bonds is 8. The lowest BCUT2D eigenvalue weighted by molar-refractivity contribution is -0.143. The summed E-state index contributed by atoms with van der Waals surface area (Å²) >= 11 is 0. The van der Waals surface area contributed by atoms with Crippen molar-refractivity contribution in [3.63, 3.8) is 0 Å². The van der Waals surface area contributed by atoms with Gasteiger partial charge in [-0.2, -0.15) is 0 Å². The van der Waals surface area contributed by atoms with Gasteiger partial charge in [0, 0.05) is 13.0 Å². The van der Waals surface area contributed by atoms with Crippen LogP contribution in [0.4, 0.5) is 0 Å². The van der Waals surface area contributed by atoms with Crippen LogP contribution in [0.5, 0.6) is 11.5 Å². The summed E-state index contributed by atoms with van der Waals surface area (Å²) in [4.78, 5) is 24.2. The van der Waals surface area contributed by atoms with Gasteiger partial charge in [-0.3, -0.25) is 4.79 Å². The summed E-state index contributed by atoms with van der Waals surface area (Å²) in [6, 6.07) is 20.1. The van der Waals surface area contributed by atoms with Gasteiger partial charge in [0.2, 0.25) is 0 Å². The molecule has 1 atom stereocenters. The van der Waals surface area contributed by atoms with Crippen molar-refractivity contribution in [2.45, 2.75) is 71.0 Å². The van der Waals surface area contributed by atoms with Crippen molar-refractivity contribution in [2.24, 2.45) is 0 Å². The molecule has 200 valence electrons. The molecule has 0 saturated heterocycles. The van der Waals surface area contributed by atoms with Gasteiger partial charge < -0.3 is 19.3 Å². The first-order valence-electron chi connectivity index (χ1n) is 13.0. The number of phenolic OH excluding ortho intramolecular Hbond substituents is 1.